The first-order valence-corrected chi connectivity index (χ1v) is 9.28. The van der Waals surface area contributed by atoms with Crippen LogP contribution in [0.3, 0.4) is 0 Å². The molecule has 4 heteroatoms. The van der Waals surface area contributed by atoms with Gasteiger partial charge in [-0.1, -0.05) is 44.2 Å². The van der Waals surface area contributed by atoms with Gasteiger partial charge in [0.25, 0.3) is 0 Å². The van der Waals surface area contributed by atoms with Gasteiger partial charge in [0.05, 0.1) is 18.3 Å². The van der Waals surface area contributed by atoms with E-state index in [2.05, 4.69) is 22.4 Å². The topological polar surface area (TPSA) is 51.2 Å². The third kappa shape index (κ3) is 4.64. The Balaban J connectivity index is 1.60. The van der Waals surface area contributed by atoms with Gasteiger partial charge in [-0.2, -0.15) is 0 Å². The van der Waals surface area contributed by atoms with Gasteiger partial charge in [0.2, 0.25) is 5.91 Å². The number of aryl methyl sites for hydroxylation is 1. The van der Waals surface area contributed by atoms with Gasteiger partial charge in [0, 0.05) is 17.0 Å². The van der Waals surface area contributed by atoms with E-state index in [0.29, 0.717) is 0 Å². The molecule has 1 aromatic heterocycles. The second kappa shape index (κ2) is 8.21. The van der Waals surface area contributed by atoms with Crippen LogP contribution in [0.15, 0.2) is 60.8 Å². The fraction of sp³-hybridized carbons (Fsp3) is 0.304. The molecule has 0 saturated heterocycles. The van der Waals surface area contributed by atoms with Gasteiger partial charge < -0.3 is 10.1 Å². The highest BCUT2D eigenvalue weighted by atomic mass is 16.5. The smallest absolute Gasteiger partial charge is 0.230 e. The molecule has 0 aliphatic carbocycles. The first kappa shape index (κ1) is 18.9. The first-order chi connectivity index (χ1) is 13.0. The predicted molar refractivity (Wildman–Crippen MR) is 110 cm³/mol. The summed E-state index contributed by atoms with van der Waals surface area (Å²) < 4.78 is 5.19. The number of aromatic nitrogens is 1. The normalized spacial score (nSPS) is 11.4. The van der Waals surface area contributed by atoms with E-state index in [1.807, 2.05) is 56.3 Å². The van der Waals surface area contributed by atoms with Gasteiger partial charge in [0.15, 0.2) is 0 Å². The van der Waals surface area contributed by atoms with Crippen molar-refractivity contribution in [2.45, 2.75) is 33.1 Å². The maximum absolute atomic E-state index is 12.8. The SMILES string of the molecule is COc1ccc(CCCC(C)(C)C(=O)Nc2cccc3cccnc23)cc1. The molecule has 0 spiro atoms. The van der Waals surface area contributed by atoms with Crippen LogP contribution in [0.4, 0.5) is 5.69 Å². The van der Waals surface area contributed by atoms with Crippen LogP contribution in [0.25, 0.3) is 10.9 Å². The largest absolute Gasteiger partial charge is 0.497 e. The summed E-state index contributed by atoms with van der Waals surface area (Å²) in [5.74, 6) is 0.887. The molecule has 0 fully saturated rings. The first-order valence-electron chi connectivity index (χ1n) is 9.28. The van der Waals surface area contributed by atoms with Gasteiger partial charge >= 0.3 is 0 Å². The van der Waals surface area contributed by atoms with Crippen LogP contribution in [0, 0.1) is 5.41 Å². The summed E-state index contributed by atoms with van der Waals surface area (Å²) in [6.45, 7) is 3.99. The van der Waals surface area contributed by atoms with Crippen molar-refractivity contribution in [3.63, 3.8) is 0 Å². The van der Waals surface area contributed by atoms with Crippen LogP contribution in [-0.2, 0) is 11.2 Å². The number of pyridine rings is 1. The van der Waals surface area contributed by atoms with Crippen molar-refractivity contribution >= 4 is 22.5 Å². The summed E-state index contributed by atoms with van der Waals surface area (Å²) in [6.07, 6.45) is 4.44. The van der Waals surface area contributed by atoms with Crippen LogP contribution >= 0.6 is 0 Å². The molecule has 0 atom stereocenters. The van der Waals surface area contributed by atoms with E-state index in [9.17, 15) is 4.79 Å². The fourth-order valence-electron chi connectivity index (χ4n) is 3.14. The molecular weight excluding hydrogens is 336 g/mol. The number of ether oxygens (including phenoxy) is 1. The maximum Gasteiger partial charge on any atom is 0.230 e. The molecule has 3 aromatic rings. The number of carbonyl (C=O) groups excluding carboxylic acids is 1. The Kier molecular flexibility index (Phi) is 5.75. The van der Waals surface area contributed by atoms with Crippen molar-refractivity contribution < 1.29 is 9.53 Å². The summed E-state index contributed by atoms with van der Waals surface area (Å²) in [5, 5.41) is 4.09. The van der Waals surface area contributed by atoms with Crippen molar-refractivity contribution in [2.75, 3.05) is 12.4 Å². The van der Waals surface area contributed by atoms with Crippen LogP contribution < -0.4 is 10.1 Å². The van der Waals surface area contributed by atoms with Crippen LogP contribution in [0.5, 0.6) is 5.75 Å². The number of amides is 1. The van der Waals surface area contributed by atoms with Crippen molar-refractivity contribution in [1.29, 1.82) is 0 Å². The summed E-state index contributed by atoms with van der Waals surface area (Å²) in [7, 11) is 1.67. The van der Waals surface area contributed by atoms with Gasteiger partial charge in [-0.25, -0.2) is 0 Å². The number of fused-ring (bicyclic) bond motifs is 1. The zero-order chi connectivity index (χ0) is 19.3. The van der Waals surface area contributed by atoms with E-state index in [1.165, 1.54) is 5.56 Å². The quantitative estimate of drug-likeness (QED) is 0.626. The Bertz CT molecular complexity index is 912. The van der Waals surface area contributed by atoms with Crippen molar-refractivity contribution in [2.24, 2.45) is 5.41 Å². The number of nitrogens with zero attached hydrogens (tertiary/aromatic N) is 1. The molecule has 1 N–H and O–H groups in total. The summed E-state index contributed by atoms with van der Waals surface area (Å²) in [4.78, 5) is 17.3. The Hall–Kier alpha value is -2.88. The number of hydrogen-bond acceptors (Lipinski definition) is 3. The third-order valence-electron chi connectivity index (χ3n) is 4.92. The summed E-state index contributed by atoms with van der Waals surface area (Å²) in [6, 6.07) is 17.8. The zero-order valence-electron chi connectivity index (χ0n) is 16.2. The fourth-order valence-corrected chi connectivity index (χ4v) is 3.14. The average Bonchev–Trinajstić information content (AvgIpc) is 2.68. The number of benzene rings is 2. The molecule has 2 aromatic carbocycles. The lowest BCUT2D eigenvalue weighted by Gasteiger charge is -2.24. The van der Waals surface area contributed by atoms with E-state index in [0.717, 1.165) is 41.6 Å². The van der Waals surface area contributed by atoms with Gasteiger partial charge in [-0.3, -0.25) is 9.78 Å². The Morgan fingerprint density at radius 3 is 2.56 bits per heavy atom. The molecule has 27 heavy (non-hydrogen) atoms. The molecule has 0 aliphatic rings. The Morgan fingerprint density at radius 1 is 1.07 bits per heavy atom. The molecule has 3 rings (SSSR count). The molecule has 4 nitrogen and oxygen atoms in total. The van der Waals surface area contributed by atoms with E-state index < -0.39 is 5.41 Å². The summed E-state index contributed by atoms with van der Waals surface area (Å²) in [5.41, 5.74) is 2.39. The Morgan fingerprint density at radius 2 is 1.81 bits per heavy atom. The highest BCUT2D eigenvalue weighted by molar-refractivity contribution is 6.02. The van der Waals surface area contributed by atoms with E-state index in [-0.39, 0.29) is 5.91 Å². The highest BCUT2D eigenvalue weighted by Crippen LogP contribution is 2.28. The monoisotopic (exact) mass is 362 g/mol. The lowest BCUT2D eigenvalue weighted by Crippen LogP contribution is -2.31. The molecule has 0 saturated carbocycles. The number of hydrogen-bond donors (Lipinski definition) is 1. The third-order valence-corrected chi connectivity index (χ3v) is 4.92. The van der Waals surface area contributed by atoms with E-state index in [4.69, 9.17) is 4.74 Å². The van der Waals surface area contributed by atoms with E-state index >= 15 is 0 Å². The minimum atomic E-state index is -0.455. The number of rotatable bonds is 7. The van der Waals surface area contributed by atoms with Gasteiger partial charge in [-0.15, -0.1) is 0 Å². The van der Waals surface area contributed by atoms with Gasteiger partial charge in [-0.05, 0) is 49.1 Å². The molecule has 0 aliphatic heterocycles. The second-order valence-corrected chi connectivity index (χ2v) is 7.42. The summed E-state index contributed by atoms with van der Waals surface area (Å²) >= 11 is 0. The minimum absolute atomic E-state index is 0.0235. The van der Waals surface area contributed by atoms with Crippen LogP contribution in [0.2, 0.25) is 0 Å². The highest BCUT2D eigenvalue weighted by Gasteiger charge is 2.27. The van der Waals surface area contributed by atoms with E-state index in [1.54, 1.807) is 13.3 Å². The molecule has 1 heterocycles. The lowest BCUT2D eigenvalue weighted by molar-refractivity contribution is -0.124. The second-order valence-electron chi connectivity index (χ2n) is 7.42. The molecular formula is C23H26N2O2. The Labute approximate surface area is 160 Å². The number of carbonyl (C=O) groups is 1. The van der Waals surface area contributed by atoms with Gasteiger partial charge in [0.1, 0.15) is 5.75 Å². The van der Waals surface area contributed by atoms with Crippen molar-refractivity contribution in [3.8, 4) is 5.75 Å². The van der Waals surface area contributed by atoms with Crippen LogP contribution in [0.1, 0.15) is 32.3 Å². The predicted octanol–water partition coefficient (Wildman–Crippen LogP) is 5.23. The minimum Gasteiger partial charge on any atom is -0.497 e. The standard InChI is InChI=1S/C23H26N2O2/c1-23(2,15-5-7-17-11-13-19(27-3)14-12-17)22(26)25-20-10-4-8-18-9-6-16-24-21(18)20/h4,6,8-14,16H,5,7,15H2,1-3H3,(H,25,26). The molecule has 1 amide bonds. The number of methoxy groups -OCH3 is 1. The van der Waals surface area contributed by atoms with Crippen molar-refractivity contribution in [1.82, 2.24) is 4.98 Å². The lowest BCUT2D eigenvalue weighted by atomic mass is 9.85. The van der Waals surface area contributed by atoms with Crippen LogP contribution in [-0.4, -0.2) is 18.0 Å². The number of anilines is 1. The molecule has 0 radical (unpaired) electrons. The molecule has 0 unspecified atom stereocenters. The molecule has 0 bridgehead atoms. The maximum atomic E-state index is 12.8. The number of para-hydroxylation sites is 1. The average molecular weight is 362 g/mol. The molecule has 140 valence electrons. The zero-order valence-corrected chi connectivity index (χ0v) is 16.2. The van der Waals surface area contributed by atoms with Crippen molar-refractivity contribution in [3.05, 3.63) is 66.4 Å². The number of nitrogens with one attached hydrogen (secondary N) is 1.